The quantitative estimate of drug-likeness (QED) is 0.876. The van der Waals surface area contributed by atoms with Crippen molar-refractivity contribution in [3.63, 3.8) is 0 Å². The van der Waals surface area contributed by atoms with Crippen LogP contribution in [-0.2, 0) is 11.3 Å². The van der Waals surface area contributed by atoms with Gasteiger partial charge in [-0.15, -0.1) is 0 Å². The van der Waals surface area contributed by atoms with Crippen molar-refractivity contribution in [2.24, 2.45) is 5.92 Å². The van der Waals surface area contributed by atoms with Gasteiger partial charge in [-0.2, -0.15) is 0 Å². The molecule has 0 radical (unpaired) electrons. The lowest BCUT2D eigenvalue weighted by atomic mass is 10.1. The number of aromatic nitrogens is 2. The van der Waals surface area contributed by atoms with Crippen LogP contribution in [-0.4, -0.2) is 64.6 Å². The largest absolute Gasteiger partial charge is 0.379 e. The number of aryl methyl sites for hydroxylation is 1. The molecule has 1 amide bonds. The van der Waals surface area contributed by atoms with Crippen molar-refractivity contribution in [1.29, 1.82) is 0 Å². The topological polar surface area (TPSA) is 78.5 Å². The van der Waals surface area contributed by atoms with Gasteiger partial charge in [-0.3, -0.25) is 14.5 Å². The third-order valence-corrected chi connectivity index (χ3v) is 5.28. The number of carbonyl (C=O) groups excluding carboxylic acids is 1. The average Bonchev–Trinajstić information content (AvgIpc) is 2.94. The number of hydrogen-bond acceptors (Lipinski definition) is 5. The molecule has 7 nitrogen and oxygen atoms in total. The molecule has 2 aliphatic heterocycles. The highest BCUT2D eigenvalue weighted by Crippen LogP contribution is 2.22. The van der Waals surface area contributed by atoms with E-state index in [1.54, 1.807) is 4.90 Å². The van der Waals surface area contributed by atoms with Crippen molar-refractivity contribution in [1.82, 2.24) is 19.8 Å². The smallest absolute Gasteiger partial charge is 0.263 e. The predicted molar refractivity (Wildman–Crippen MR) is 100 cm³/mol. The first kappa shape index (κ1) is 17.9. The van der Waals surface area contributed by atoms with E-state index in [4.69, 9.17) is 4.74 Å². The summed E-state index contributed by atoms with van der Waals surface area (Å²) in [6, 6.07) is 8.49. The Labute approximate surface area is 158 Å². The van der Waals surface area contributed by atoms with Crippen LogP contribution in [0.1, 0.15) is 21.5 Å². The van der Waals surface area contributed by atoms with Crippen molar-refractivity contribution >= 4 is 5.91 Å². The molecule has 2 atom stereocenters. The molecule has 4 rings (SSSR count). The molecule has 1 aromatic carbocycles. The van der Waals surface area contributed by atoms with Crippen molar-refractivity contribution < 1.29 is 9.53 Å². The minimum atomic E-state index is -0.397. The van der Waals surface area contributed by atoms with E-state index in [1.165, 1.54) is 23.7 Å². The molecule has 0 unspecified atom stereocenters. The number of nitrogens with zero attached hydrogens (tertiary/aromatic N) is 3. The average molecular weight is 368 g/mol. The maximum atomic E-state index is 13.0. The number of nitrogens with one attached hydrogen (secondary N) is 1. The molecule has 2 saturated heterocycles. The summed E-state index contributed by atoms with van der Waals surface area (Å²) in [4.78, 5) is 35.6. The second-order valence-corrected chi connectivity index (χ2v) is 7.49. The maximum Gasteiger partial charge on any atom is 0.263 e. The van der Waals surface area contributed by atoms with Gasteiger partial charge < -0.3 is 14.6 Å². The molecule has 7 heteroatoms. The lowest BCUT2D eigenvalue weighted by Gasteiger charge is -2.31. The third-order valence-electron chi connectivity index (χ3n) is 5.28. The summed E-state index contributed by atoms with van der Waals surface area (Å²) in [5.74, 6) is -0.0373. The Morgan fingerprint density at radius 2 is 2.04 bits per heavy atom. The third kappa shape index (κ3) is 3.94. The number of H-pyrrole nitrogens is 1. The van der Waals surface area contributed by atoms with Gasteiger partial charge in [-0.1, -0.05) is 29.8 Å². The summed E-state index contributed by atoms with van der Waals surface area (Å²) in [5, 5.41) is 0. The van der Waals surface area contributed by atoms with E-state index in [2.05, 4.69) is 46.1 Å². The molecule has 27 heavy (non-hydrogen) atoms. The predicted octanol–water partition coefficient (Wildman–Crippen LogP) is 1.05. The first-order chi connectivity index (χ1) is 13.1. The van der Waals surface area contributed by atoms with Crippen LogP contribution in [0, 0.1) is 12.8 Å². The SMILES string of the molecule is Cc1ccc(CN2C[C@@H]3COC[C@H](C2)N(C(=O)c2cnc[nH]c2=O)C3)cc1. The number of fused-ring (bicyclic) bond motifs is 3. The highest BCUT2D eigenvalue weighted by Gasteiger charge is 2.36. The molecule has 142 valence electrons. The zero-order chi connectivity index (χ0) is 18.8. The Bertz CT molecular complexity index is 864. The molecule has 0 spiro atoms. The standard InChI is InChI=1S/C20H24N4O3/c1-14-2-4-15(5-3-14)7-23-8-16-9-24(17(10-23)12-27-11-16)20(26)18-6-21-13-22-19(18)25/h2-6,13,16-17H,7-12H2,1H3,(H,21,22,25)/t16-,17-/m0/s1. The summed E-state index contributed by atoms with van der Waals surface area (Å²) >= 11 is 0. The number of benzene rings is 1. The molecule has 0 aliphatic carbocycles. The zero-order valence-electron chi connectivity index (χ0n) is 15.4. The van der Waals surface area contributed by atoms with Gasteiger partial charge in [0.1, 0.15) is 5.56 Å². The molecule has 2 bridgehead atoms. The second-order valence-electron chi connectivity index (χ2n) is 7.49. The molecule has 1 N–H and O–H groups in total. The Kier molecular flexibility index (Phi) is 5.05. The van der Waals surface area contributed by atoms with Gasteiger partial charge in [0, 0.05) is 38.3 Å². The van der Waals surface area contributed by atoms with E-state index >= 15 is 0 Å². The molecule has 2 aliphatic rings. The molecule has 2 aromatic rings. The zero-order valence-corrected chi connectivity index (χ0v) is 15.4. The van der Waals surface area contributed by atoms with Crippen LogP contribution in [0.25, 0.3) is 0 Å². The van der Waals surface area contributed by atoms with Gasteiger partial charge in [-0.05, 0) is 12.5 Å². The molecular formula is C20H24N4O3. The second kappa shape index (κ2) is 7.62. The van der Waals surface area contributed by atoms with Crippen molar-refractivity contribution in [3.8, 4) is 0 Å². The fraction of sp³-hybridized carbons (Fsp3) is 0.450. The van der Waals surface area contributed by atoms with Crippen LogP contribution >= 0.6 is 0 Å². The summed E-state index contributed by atoms with van der Waals surface area (Å²) in [6.07, 6.45) is 2.65. The number of amides is 1. The number of carbonyl (C=O) groups is 1. The van der Waals surface area contributed by atoms with Crippen LogP contribution in [0.4, 0.5) is 0 Å². The van der Waals surface area contributed by atoms with E-state index < -0.39 is 5.56 Å². The van der Waals surface area contributed by atoms with Crippen LogP contribution < -0.4 is 5.56 Å². The van der Waals surface area contributed by atoms with Crippen LogP contribution in [0.3, 0.4) is 0 Å². The first-order valence-corrected chi connectivity index (χ1v) is 9.29. The van der Waals surface area contributed by atoms with Crippen LogP contribution in [0.15, 0.2) is 41.6 Å². The van der Waals surface area contributed by atoms with Crippen LogP contribution in [0.5, 0.6) is 0 Å². The minimum absolute atomic E-state index is 0.0740. The first-order valence-electron chi connectivity index (χ1n) is 9.29. The maximum absolute atomic E-state index is 13.0. The minimum Gasteiger partial charge on any atom is -0.379 e. The van der Waals surface area contributed by atoms with Gasteiger partial charge >= 0.3 is 0 Å². The number of hydrogen-bond donors (Lipinski definition) is 1. The Hall–Kier alpha value is -2.51. The number of ether oxygens (including phenoxy) is 1. The van der Waals surface area contributed by atoms with E-state index in [0.29, 0.717) is 19.8 Å². The van der Waals surface area contributed by atoms with E-state index in [-0.39, 0.29) is 23.4 Å². The highest BCUT2D eigenvalue weighted by molar-refractivity contribution is 5.93. The molecule has 1 aromatic heterocycles. The van der Waals surface area contributed by atoms with Gasteiger partial charge in [0.05, 0.1) is 25.6 Å². The molecule has 3 heterocycles. The lowest BCUT2D eigenvalue weighted by Crippen LogP contribution is -2.47. The van der Waals surface area contributed by atoms with Crippen molar-refractivity contribution in [2.45, 2.75) is 19.5 Å². The van der Waals surface area contributed by atoms with E-state index in [9.17, 15) is 9.59 Å². The van der Waals surface area contributed by atoms with E-state index in [0.717, 1.165) is 19.6 Å². The fourth-order valence-corrected chi connectivity index (χ4v) is 3.92. The van der Waals surface area contributed by atoms with E-state index in [1.807, 2.05) is 0 Å². The molecule has 2 fully saturated rings. The summed E-state index contributed by atoms with van der Waals surface area (Å²) in [7, 11) is 0. The lowest BCUT2D eigenvalue weighted by molar-refractivity contribution is 0.0423. The van der Waals surface area contributed by atoms with Gasteiger partial charge in [-0.25, -0.2) is 4.98 Å². The van der Waals surface area contributed by atoms with Gasteiger partial charge in [0.2, 0.25) is 0 Å². The monoisotopic (exact) mass is 368 g/mol. The highest BCUT2D eigenvalue weighted by atomic mass is 16.5. The number of rotatable bonds is 3. The fourth-order valence-electron chi connectivity index (χ4n) is 3.92. The Morgan fingerprint density at radius 3 is 2.81 bits per heavy atom. The van der Waals surface area contributed by atoms with Crippen molar-refractivity contribution in [2.75, 3.05) is 32.8 Å². The summed E-state index contributed by atoms with van der Waals surface area (Å²) in [5.41, 5.74) is 2.21. The van der Waals surface area contributed by atoms with Crippen molar-refractivity contribution in [3.05, 3.63) is 63.8 Å². The summed E-state index contributed by atoms with van der Waals surface area (Å²) < 4.78 is 5.80. The Morgan fingerprint density at radius 1 is 1.22 bits per heavy atom. The molecular weight excluding hydrogens is 344 g/mol. The number of aromatic amines is 1. The normalized spacial score (nSPS) is 23.1. The van der Waals surface area contributed by atoms with Gasteiger partial charge in [0.15, 0.2) is 0 Å². The van der Waals surface area contributed by atoms with Gasteiger partial charge in [0.25, 0.3) is 11.5 Å². The Balaban J connectivity index is 1.55. The van der Waals surface area contributed by atoms with Crippen LogP contribution in [0.2, 0.25) is 0 Å². The molecule has 0 saturated carbocycles. The summed E-state index contributed by atoms with van der Waals surface area (Å²) in [6.45, 7) is 6.26.